The van der Waals surface area contributed by atoms with Gasteiger partial charge in [0.2, 0.25) is 15.9 Å². The molecule has 1 saturated heterocycles. The fraction of sp³-hybridized carbons (Fsp3) is 0.533. The van der Waals surface area contributed by atoms with Gasteiger partial charge in [-0.25, -0.2) is 8.42 Å². The lowest BCUT2D eigenvalue weighted by atomic mass is 9.99. The Balaban J connectivity index is 2.19. The van der Waals surface area contributed by atoms with Crippen molar-refractivity contribution in [3.05, 3.63) is 28.8 Å². The van der Waals surface area contributed by atoms with E-state index >= 15 is 0 Å². The van der Waals surface area contributed by atoms with Crippen molar-refractivity contribution < 1.29 is 13.2 Å². The number of sulfonamides is 1. The molecule has 0 spiro atoms. The second-order valence-electron chi connectivity index (χ2n) is 5.69. The standard InChI is InChI=1S/C15H22ClN3O3S/c1-11-4-5-13(16)9-14(11)23(21,22)19-8-2-3-12(10-19)15(20)18-7-6-17/h4-5,9,12H,2-3,6-8,10,17H2,1H3,(H,18,20). The summed E-state index contributed by atoms with van der Waals surface area (Å²) in [5, 5.41) is 3.11. The first-order valence-electron chi connectivity index (χ1n) is 7.60. The maximum absolute atomic E-state index is 12.9. The highest BCUT2D eigenvalue weighted by molar-refractivity contribution is 7.89. The molecule has 1 fully saturated rings. The molecule has 1 unspecified atom stereocenters. The summed E-state index contributed by atoms with van der Waals surface area (Å²) in [6, 6.07) is 4.81. The summed E-state index contributed by atoms with van der Waals surface area (Å²) in [5.74, 6) is -0.484. The minimum absolute atomic E-state index is 0.141. The monoisotopic (exact) mass is 359 g/mol. The molecule has 1 aromatic carbocycles. The molecule has 2 rings (SSSR count). The number of carbonyl (C=O) groups excluding carboxylic acids is 1. The number of aryl methyl sites for hydroxylation is 1. The fourth-order valence-corrected chi connectivity index (χ4v) is 4.72. The molecule has 0 aromatic heterocycles. The van der Waals surface area contributed by atoms with E-state index in [2.05, 4.69) is 5.32 Å². The van der Waals surface area contributed by atoms with Crippen LogP contribution >= 0.6 is 11.6 Å². The molecule has 3 N–H and O–H groups in total. The van der Waals surface area contributed by atoms with Crippen LogP contribution in [-0.4, -0.2) is 44.8 Å². The molecule has 23 heavy (non-hydrogen) atoms. The van der Waals surface area contributed by atoms with Gasteiger partial charge in [-0.1, -0.05) is 17.7 Å². The van der Waals surface area contributed by atoms with Crippen molar-refractivity contribution in [3.8, 4) is 0 Å². The Kier molecular flexibility index (Phi) is 6.02. The second-order valence-corrected chi connectivity index (χ2v) is 8.03. The molecule has 0 aliphatic carbocycles. The maximum atomic E-state index is 12.9. The molecule has 0 radical (unpaired) electrons. The van der Waals surface area contributed by atoms with Crippen LogP contribution in [0.25, 0.3) is 0 Å². The highest BCUT2D eigenvalue weighted by Crippen LogP contribution is 2.27. The van der Waals surface area contributed by atoms with Gasteiger partial charge in [0.15, 0.2) is 0 Å². The van der Waals surface area contributed by atoms with Gasteiger partial charge in [-0.05, 0) is 37.5 Å². The Morgan fingerprint density at radius 3 is 2.91 bits per heavy atom. The van der Waals surface area contributed by atoms with Gasteiger partial charge in [0.1, 0.15) is 0 Å². The van der Waals surface area contributed by atoms with Gasteiger partial charge in [0.05, 0.1) is 10.8 Å². The van der Waals surface area contributed by atoms with Crippen molar-refractivity contribution in [1.82, 2.24) is 9.62 Å². The maximum Gasteiger partial charge on any atom is 0.243 e. The quantitative estimate of drug-likeness (QED) is 0.824. The van der Waals surface area contributed by atoms with E-state index in [1.54, 1.807) is 19.1 Å². The Bertz CT molecular complexity index is 679. The largest absolute Gasteiger partial charge is 0.355 e. The van der Waals surface area contributed by atoms with E-state index in [0.717, 1.165) is 0 Å². The van der Waals surface area contributed by atoms with E-state index in [-0.39, 0.29) is 23.3 Å². The SMILES string of the molecule is Cc1ccc(Cl)cc1S(=O)(=O)N1CCCC(C(=O)NCCN)C1. The van der Waals surface area contributed by atoms with Crippen molar-refractivity contribution in [2.45, 2.75) is 24.7 Å². The zero-order valence-electron chi connectivity index (χ0n) is 13.1. The first-order valence-corrected chi connectivity index (χ1v) is 9.42. The number of benzene rings is 1. The normalized spacial score (nSPS) is 19.5. The minimum atomic E-state index is -3.66. The number of piperidine rings is 1. The Morgan fingerprint density at radius 1 is 1.48 bits per heavy atom. The molecule has 1 aliphatic rings. The van der Waals surface area contributed by atoms with Crippen LogP contribution < -0.4 is 11.1 Å². The van der Waals surface area contributed by atoms with E-state index in [0.29, 0.717) is 43.1 Å². The van der Waals surface area contributed by atoms with Crippen LogP contribution in [0.5, 0.6) is 0 Å². The molecule has 1 aromatic rings. The average molecular weight is 360 g/mol. The zero-order chi connectivity index (χ0) is 17.0. The first-order chi connectivity index (χ1) is 10.9. The molecule has 1 amide bonds. The predicted octanol–water partition coefficient (Wildman–Crippen LogP) is 1.12. The molecule has 128 valence electrons. The van der Waals surface area contributed by atoms with Crippen molar-refractivity contribution >= 4 is 27.5 Å². The number of halogens is 1. The zero-order valence-corrected chi connectivity index (χ0v) is 14.7. The number of amides is 1. The minimum Gasteiger partial charge on any atom is -0.355 e. The number of carbonyl (C=O) groups is 1. The van der Waals surface area contributed by atoms with Crippen LogP contribution in [-0.2, 0) is 14.8 Å². The fourth-order valence-electron chi connectivity index (χ4n) is 2.71. The lowest BCUT2D eigenvalue weighted by Crippen LogP contribution is -2.46. The highest BCUT2D eigenvalue weighted by Gasteiger charge is 2.33. The number of nitrogens with two attached hydrogens (primary N) is 1. The molecule has 0 bridgehead atoms. The summed E-state index contributed by atoms with van der Waals surface area (Å²) in [7, 11) is -3.66. The van der Waals surface area contributed by atoms with E-state index in [4.69, 9.17) is 17.3 Å². The summed E-state index contributed by atoms with van der Waals surface area (Å²) in [6.07, 6.45) is 1.33. The summed E-state index contributed by atoms with van der Waals surface area (Å²) < 4.78 is 27.1. The predicted molar refractivity (Wildman–Crippen MR) is 89.7 cm³/mol. The van der Waals surface area contributed by atoms with Gasteiger partial charge in [0, 0.05) is 31.2 Å². The number of nitrogens with one attached hydrogen (secondary N) is 1. The van der Waals surface area contributed by atoms with Gasteiger partial charge < -0.3 is 11.1 Å². The van der Waals surface area contributed by atoms with Gasteiger partial charge in [0.25, 0.3) is 0 Å². The third kappa shape index (κ3) is 4.23. The Hall–Kier alpha value is -1.15. The molecule has 1 atom stereocenters. The number of hydrogen-bond donors (Lipinski definition) is 2. The van der Waals surface area contributed by atoms with Gasteiger partial charge in [-0.15, -0.1) is 0 Å². The highest BCUT2D eigenvalue weighted by atomic mass is 35.5. The second kappa shape index (κ2) is 7.61. The Labute approximate surface area is 142 Å². The van der Waals surface area contributed by atoms with Crippen molar-refractivity contribution in [2.75, 3.05) is 26.2 Å². The summed E-state index contributed by atoms with van der Waals surface area (Å²) >= 11 is 5.94. The van der Waals surface area contributed by atoms with Crippen molar-refractivity contribution in [3.63, 3.8) is 0 Å². The van der Waals surface area contributed by atoms with E-state index in [1.807, 2.05) is 0 Å². The van der Waals surface area contributed by atoms with Crippen LogP contribution in [0.1, 0.15) is 18.4 Å². The lowest BCUT2D eigenvalue weighted by molar-refractivity contribution is -0.126. The Morgan fingerprint density at radius 2 is 2.22 bits per heavy atom. The summed E-state index contributed by atoms with van der Waals surface area (Å²) in [6.45, 7) is 3.09. The number of hydrogen-bond acceptors (Lipinski definition) is 4. The molecule has 1 aliphatic heterocycles. The molecule has 8 heteroatoms. The average Bonchev–Trinajstić information content (AvgIpc) is 2.54. The van der Waals surface area contributed by atoms with Gasteiger partial charge in [-0.3, -0.25) is 4.79 Å². The molecule has 1 heterocycles. The molecular formula is C15H22ClN3O3S. The smallest absolute Gasteiger partial charge is 0.243 e. The summed E-state index contributed by atoms with van der Waals surface area (Å²) in [4.78, 5) is 12.3. The first kappa shape index (κ1) is 18.2. The van der Waals surface area contributed by atoms with Crippen LogP contribution in [0.2, 0.25) is 5.02 Å². The topological polar surface area (TPSA) is 92.5 Å². The molecular weight excluding hydrogens is 338 g/mol. The van der Waals surface area contributed by atoms with Crippen molar-refractivity contribution in [1.29, 1.82) is 0 Å². The molecule has 6 nitrogen and oxygen atoms in total. The van der Waals surface area contributed by atoms with Gasteiger partial charge >= 0.3 is 0 Å². The van der Waals surface area contributed by atoms with Gasteiger partial charge in [-0.2, -0.15) is 4.31 Å². The lowest BCUT2D eigenvalue weighted by Gasteiger charge is -2.31. The van der Waals surface area contributed by atoms with Crippen LogP contribution in [0, 0.1) is 12.8 Å². The van der Waals surface area contributed by atoms with Crippen LogP contribution in [0.3, 0.4) is 0 Å². The third-order valence-electron chi connectivity index (χ3n) is 3.97. The third-order valence-corrected chi connectivity index (χ3v) is 6.21. The number of rotatable bonds is 5. The van der Waals surface area contributed by atoms with E-state index < -0.39 is 10.0 Å². The van der Waals surface area contributed by atoms with Crippen LogP contribution in [0.4, 0.5) is 0 Å². The summed E-state index contributed by atoms with van der Waals surface area (Å²) in [5.41, 5.74) is 6.02. The van der Waals surface area contributed by atoms with Crippen molar-refractivity contribution in [2.24, 2.45) is 11.7 Å². The number of nitrogens with zero attached hydrogens (tertiary/aromatic N) is 1. The van der Waals surface area contributed by atoms with E-state index in [9.17, 15) is 13.2 Å². The van der Waals surface area contributed by atoms with Crippen LogP contribution in [0.15, 0.2) is 23.1 Å². The van der Waals surface area contributed by atoms with E-state index in [1.165, 1.54) is 10.4 Å². The molecule has 0 saturated carbocycles.